The number of aliphatic hydroxyl groups excluding tert-OH is 1. The molecule has 5 heteroatoms. The van der Waals surface area contributed by atoms with Gasteiger partial charge in [-0.05, 0) is 29.8 Å². The Morgan fingerprint density at radius 1 is 1.10 bits per heavy atom. The molecule has 3 N–H and O–H groups in total. The Labute approximate surface area is 140 Å². The van der Waals surface area contributed by atoms with Crippen LogP contribution >= 0.6 is 43.5 Å². The first kappa shape index (κ1) is 16.0. The van der Waals surface area contributed by atoms with Crippen molar-refractivity contribution in [3.05, 3.63) is 67.6 Å². The third-order valence-electron chi connectivity index (χ3n) is 3.22. The van der Waals surface area contributed by atoms with Crippen LogP contribution in [0, 0.1) is 0 Å². The van der Waals surface area contributed by atoms with Crippen LogP contribution in [-0.2, 0) is 0 Å². The maximum atomic E-state index is 10.7. The van der Waals surface area contributed by atoms with Crippen LogP contribution in [-0.4, -0.2) is 11.7 Å². The van der Waals surface area contributed by atoms with Gasteiger partial charge in [-0.2, -0.15) is 0 Å². The lowest BCUT2D eigenvalue weighted by Gasteiger charge is -2.24. The molecule has 0 aliphatic heterocycles. The van der Waals surface area contributed by atoms with E-state index in [1.165, 1.54) is 0 Å². The van der Waals surface area contributed by atoms with Gasteiger partial charge in [-0.25, -0.2) is 0 Å². The Morgan fingerprint density at radius 2 is 1.80 bits per heavy atom. The van der Waals surface area contributed by atoms with Crippen molar-refractivity contribution < 1.29 is 5.11 Å². The van der Waals surface area contributed by atoms with Gasteiger partial charge in [0, 0.05) is 32.0 Å². The highest BCUT2D eigenvalue weighted by Crippen LogP contribution is 2.37. The van der Waals surface area contributed by atoms with Gasteiger partial charge >= 0.3 is 0 Å². The smallest absolute Gasteiger partial charge is 0.0885 e. The lowest BCUT2D eigenvalue weighted by molar-refractivity contribution is 0.147. The zero-order valence-electron chi connectivity index (χ0n) is 10.6. The fourth-order valence-corrected chi connectivity index (χ4v) is 3.35. The molecular formula is C15H14Br2ClNO. The second-order valence-electron chi connectivity index (χ2n) is 4.47. The molecule has 0 amide bonds. The van der Waals surface area contributed by atoms with Crippen molar-refractivity contribution in [3.63, 3.8) is 0 Å². The highest BCUT2D eigenvalue weighted by molar-refractivity contribution is 9.10. The number of nitrogens with two attached hydrogens (primary N) is 1. The van der Waals surface area contributed by atoms with E-state index >= 15 is 0 Å². The largest absolute Gasteiger partial charge is 0.388 e. The summed E-state index contributed by atoms with van der Waals surface area (Å²) in [6.07, 6.45) is -0.760. The molecule has 0 aliphatic rings. The van der Waals surface area contributed by atoms with E-state index in [-0.39, 0.29) is 5.92 Å². The van der Waals surface area contributed by atoms with Gasteiger partial charge < -0.3 is 10.8 Å². The third-order valence-corrected chi connectivity index (χ3v) is 4.78. The Morgan fingerprint density at radius 3 is 2.45 bits per heavy atom. The quantitative estimate of drug-likeness (QED) is 0.758. The zero-order valence-corrected chi connectivity index (χ0v) is 14.5. The second kappa shape index (κ2) is 7.05. The molecule has 2 atom stereocenters. The fourth-order valence-electron chi connectivity index (χ4n) is 2.16. The van der Waals surface area contributed by atoms with Crippen LogP contribution in [0.3, 0.4) is 0 Å². The third kappa shape index (κ3) is 3.43. The molecule has 0 aliphatic carbocycles. The Balaban J connectivity index is 2.41. The molecule has 0 spiro atoms. The van der Waals surface area contributed by atoms with E-state index in [1.807, 2.05) is 36.4 Å². The van der Waals surface area contributed by atoms with Gasteiger partial charge in [0.05, 0.1) is 6.10 Å². The number of benzene rings is 2. The van der Waals surface area contributed by atoms with Crippen molar-refractivity contribution in [1.82, 2.24) is 0 Å². The maximum Gasteiger partial charge on any atom is 0.0885 e. The summed E-state index contributed by atoms with van der Waals surface area (Å²) in [5, 5.41) is 11.2. The molecule has 0 heterocycles. The summed E-state index contributed by atoms with van der Waals surface area (Å²) in [5.41, 5.74) is 7.51. The Hall–Kier alpha value is -0.390. The monoisotopic (exact) mass is 417 g/mol. The minimum absolute atomic E-state index is 0.225. The van der Waals surface area contributed by atoms with E-state index in [1.54, 1.807) is 6.07 Å². The standard InChI is InChI=1S/C15H14Br2ClNO/c16-9-5-6-14(18)11(7-9)15(20)12(8-19)10-3-1-2-4-13(10)17/h1-7,12,15,20H,8,19H2. The van der Waals surface area contributed by atoms with E-state index in [0.717, 1.165) is 14.5 Å². The van der Waals surface area contributed by atoms with Crippen LogP contribution < -0.4 is 5.73 Å². The molecule has 2 aromatic carbocycles. The summed E-state index contributed by atoms with van der Waals surface area (Å²) in [5.74, 6) is -0.225. The van der Waals surface area contributed by atoms with Crippen molar-refractivity contribution in [2.24, 2.45) is 5.73 Å². The highest BCUT2D eigenvalue weighted by atomic mass is 79.9. The van der Waals surface area contributed by atoms with Gasteiger partial charge in [0.1, 0.15) is 0 Å². The molecule has 0 aromatic heterocycles. The first-order valence-corrected chi connectivity index (χ1v) is 8.08. The van der Waals surface area contributed by atoms with E-state index in [9.17, 15) is 5.11 Å². The molecule has 0 saturated carbocycles. The Bertz CT molecular complexity index is 606. The van der Waals surface area contributed by atoms with E-state index in [4.69, 9.17) is 17.3 Å². The summed E-state index contributed by atoms with van der Waals surface area (Å²) in [7, 11) is 0. The van der Waals surface area contributed by atoms with Gasteiger partial charge in [0.25, 0.3) is 0 Å². The molecule has 20 heavy (non-hydrogen) atoms. The van der Waals surface area contributed by atoms with Crippen molar-refractivity contribution in [2.45, 2.75) is 12.0 Å². The highest BCUT2D eigenvalue weighted by Gasteiger charge is 2.25. The molecule has 2 nitrogen and oxygen atoms in total. The lowest BCUT2D eigenvalue weighted by atomic mass is 9.89. The molecule has 0 bridgehead atoms. The van der Waals surface area contributed by atoms with Crippen LogP contribution in [0.2, 0.25) is 5.02 Å². The summed E-state index contributed by atoms with van der Waals surface area (Å²) in [6, 6.07) is 13.2. The number of aliphatic hydroxyl groups is 1. The van der Waals surface area contributed by atoms with Crippen LogP contribution in [0.15, 0.2) is 51.4 Å². The first-order valence-electron chi connectivity index (χ1n) is 6.12. The fraction of sp³-hybridized carbons (Fsp3) is 0.200. The van der Waals surface area contributed by atoms with E-state index in [0.29, 0.717) is 17.1 Å². The normalized spacial score (nSPS) is 14.1. The second-order valence-corrected chi connectivity index (χ2v) is 6.65. The number of hydrogen-bond donors (Lipinski definition) is 2. The number of halogens is 3. The molecule has 2 unspecified atom stereocenters. The molecule has 0 radical (unpaired) electrons. The minimum atomic E-state index is -0.760. The average Bonchev–Trinajstić information content (AvgIpc) is 2.44. The first-order chi connectivity index (χ1) is 9.54. The molecule has 2 rings (SSSR count). The van der Waals surface area contributed by atoms with Crippen LogP contribution in [0.4, 0.5) is 0 Å². The minimum Gasteiger partial charge on any atom is -0.388 e. The van der Waals surface area contributed by atoms with Crippen molar-refractivity contribution in [3.8, 4) is 0 Å². The summed E-state index contributed by atoms with van der Waals surface area (Å²) in [4.78, 5) is 0. The SMILES string of the molecule is NCC(c1ccccc1Br)C(O)c1cc(Br)ccc1Cl. The predicted molar refractivity (Wildman–Crippen MR) is 90.0 cm³/mol. The van der Waals surface area contributed by atoms with Gasteiger partial charge in [0.2, 0.25) is 0 Å². The van der Waals surface area contributed by atoms with Crippen molar-refractivity contribution in [1.29, 1.82) is 0 Å². The number of hydrogen-bond acceptors (Lipinski definition) is 2. The van der Waals surface area contributed by atoms with Crippen molar-refractivity contribution in [2.75, 3.05) is 6.54 Å². The summed E-state index contributed by atoms with van der Waals surface area (Å²) < 4.78 is 1.81. The lowest BCUT2D eigenvalue weighted by Crippen LogP contribution is -2.20. The maximum absolute atomic E-state index is 10.7. The zero-order chi connectivity index (χ0) is 14.7. The number of rotatable bonds is 4. The van der Waals surface area contributed by atoms with Gasteiger partial charge in [-0.15, -0.1) is 0 Å². The van der Waals surface area contributed by atoms with Crippen molar-refractivity contribution >= 4 is 43.5 Å². The van der Waals surface area contributed by atoms with Gasteiger partial charge in [0.15, 0.2) is 0 Å². The topological polar surface area (TPSA) is 46.2 Å². The molecular weight excluding hydrogens is 405 g/mol. The van der Waals surface area contributed by atoms with Gasteiger partial charge in [-0.3, -0.25) is 0 Å². The molecule has 2 aromatic rings. The average molecular weight is 420 g/mol. The molecule has 106 valence electrons. The van der Waals surface area contributed by atoms with Crippen LogP contribution in [0.5, 0.6) is 0 Å². The molecule has 0 saturated heterocycles. The molecule has 0 fully saturated rings. The van der Waals surface area contributed by atoms with Crippen LogP contribution in [0.25, 0.3) is 0 Å². The summed E-state index contributed by atoms with van der Waals surface area (Å²) in [6.45, 7) is 0.326. The Kier molecular flexibility index (Phi) is 5.64. The predicted octanol–water partition coefficient (Wildman–Crippen LogP) is 4.64. The summed E-state index contributed by atoms with van der Waals surface area (Å²) >= 11 is 13.1. The van der Waals surface area contributed by atoms with E-state index in [2.05, 4.69) is 31.9 Å². The van der Waals surface area contributed by atoms with Gasteiger partial charge in [-0.1, -0.05) is 61.7 Å². The van der Waals surface area contributed by atoms with E-state index < -0.39 is 6.10 Å². The van der Waals surface area contributed by atoms with Crippen LogP contribution in [0.1, 0.15) is 23.1 Å².